The molecular weight excluding hydrogens is 186 g/mol. The summed E-state index contributed by atoms with van der Waals surface area (Å²) in [6.07, 6.45) is 6.18. The lowest BCUT2D eigenvalue weighted by molar-refractivity contribution is -0.0472. The molecule has 0 aromatic rings. The summed E-state index contributed by atoms with van der Waals surface area (Å²) in [5.41, 5.74) is 0. The molecule has 0 aliphatic heterocycles. The summed E-state index contributed by atoms with van der Waals surface area (Å²) in [4.78, 5) is 0. The number of nitrogens with one attached hydrogen (secondary N) is 1. The van der Waals surface area contributed by atoms with Gasteiger partial charge in [-0.3, -0.25) is 0 Å². The van der Waals surface area contributed by atoms with Crippen molar-refractivity contribution in [2.24, 2.45) is 5.92 Å². The molecule has 1 N–H and O–H groups in total. The van der Waals surface area contributed by atoms with Crippen molar-refractivity contribution < 1.29 is 4.74 Å². The highest BCUT2D eigenvalue weighted by Crippen LogP contribution is 2.26. The van der Waals surface area contributed by atoms with Crippen LogP contribution < -0.4 is 5.32 Å². The molecule has 0 amide bonds. The van der Waals surface area contributed by atoms with Crippen LogP contribution in [0.4, 0.5) is 0 Å². The molecule has 0 aromatic heterocycles. The second kappa shape index (κ2) is 6.49. The minimum Gasteiger partial charge on any atom is -0.374 e. The van der Waals surface area contributed by atoms with Gasteiger partial charge in [0.05, 0.1) is 12.2 Å². The largest absolute Gasteiger partial charge is 0.374 e. The van der Waals surface area contributed by atoms with Crippen molar-refractivity contribution in [3.63, 3.8) is 0 Å². The molecule has 1 rings (SSSR count). The fraction of sp³-hybridized carbons (Fsp3) is 1.00. The predicted octanol–water partition coefficient (Wildman–Crippen LogP) is 2.97. The normalized spacial score (nSPS) is 29.4. The van der Waals surface area contributed by atoms with Gasteiger partial charge in [-0.05, 0) is 25.7 Å². The fourth-order valence-electron chi connectivity index (χ4n) is 2.23. The average Bonchev–Trinajstić information content (AvgIpc) is 2.18. The predicted molar refractivity (Wildman–Crippen MR) is 65.1 cm³/mol. The van der Waals surface area contributed by atoms with Gasteiger partial charge in [0.2, 0.25) is 0 Å². The second-order valence-electron chi connectivity index (χ2n) is 5.31. The SMILES string of the molecule is CC(C)NCC(C)OC1CCCCC1C. The summed E-state index contributed by atoms with van der Waals surface area (Å²) >= 11 is 0. The van der Waals surface area contributed by atoms with E-state index in [1.807, 2.05) is 0 Å². The first kappa shape index (κ1) is 13.0. The van der Waals surface area contributed by atoms with Gasteiger partial charge in [0.25, 0.3) is 0 Å². The molecule has 0 bridgehead atoms. The minimum atomic E-state index is 0.345. The van der Waals surface area contributed by atoms with Gasteiger partial charge in [-0.1, -0.05) is 33.6 Å². The monoisotopic (exact) mass is 213 g/mol. The lowest BCUT2D eigenvalue weighted by atomic mass is 9.88. The van der Waals surface area contributed by atoms with Crippen molar-refractivity contribution in [2.45, 2.75) is 71.6 Å². The maximum absolute atomic E-state index is 6.09. The Labute approximate surface area is 94.8 Å². The Morgan fingerprint density at radius 1 is 1.20 bits per heavy atom. The molecule has 2 heteroatoms. The quantitative estimate of drug-likeness (QED) is 0.758. The Bertz CT molecular complexity index is 170. The van der Waals surface area contributed by atoms with Crippen LogP contribution in [0, 0.1) is 5.92 Å². The molecule has 3 unspecified atom stereocenters. The Kier molecular flexibility index (Phi) is 5.62. The van der Waals surface area contributed by atoms with Gasteiger partial charge in [-0.2, -0.15) is 0 Å². The summed E-state index contributed by atoms with van der Waals surface area (Å²) in [6.45, 7) is 9.83. The summed E-state index contributed by atoms with van der Waals surface area (Å²) in [6, 6.07) is 0.555. The second-order valence-corrected chi connectivity index (χ2v) is 5.31. The van der Waals surface area contributed by atoms with E-state index in [0.717, 1.165) is 12.5 Å². The van der Waals surface area contributed by atoms with E-state index in [1.54, 1.807) is 0 Å². The highest BCUT2D eigenvalue weighted by molar-refractivity contribution is 4.74. The maximum atomic E-state index is 6.09. The van der Waals surface area contributed by atoms with Crippen LogP contribution >= 0.6 is 0 Å². The van der Waals surface area contributed by atoms with Crippen molar-refractivity contribution in [3.8, 4) is 0 Å². The third kappa shape index (κ3) is 4.98. The van der Waals surface area contributed by atoms with E-state index >= 15 is 0 Å². The first-order chi connectivity index (χ1) is 7.09. The molecule has 3 atom stereocenters. The van der Waals surface area contributed by atoms with Gasteiger partial charge in [0.15, 0.2) is 0 Å². The first-order valence-electron chi connectivity index (χ1n) is 6.48. The zero-order valence-electron chi connectivity index (χ0n) is 10.8. The zero-order valence-corrected chi connectivity index (χ0v) is 10.8. The van der Waals surface area contributed by atoms with Crippen molar-refractivity contribution >= 4 is 0 Å². The van der Waals surface area contributed by atoms with E-state index in [-0.39, 0.29) is 0 Å². The van der Waals surface area contributed by atoms with E-state index in [2.05, 4.69) is 33.0 Å². The molecule has 0 aromatic carbocycles. The average molecular weight is 213 g/mol. The van der Waals surface area contributed by atoms with Crippen LogP contribution in [0.2, 0.25) is 0 Å². The third-order valence-corrected chi connectivity index (χ3v) is 3.25. The van der Waals surface area contributed by atoms with Gasteiger partial charge < -0.3 is 10.1 Å². The van der Waals surface area contributed by atoms with E-state index < -0.39 is 0 Å². The van der Waals surface area contributed by atoms with Crippen LogP contribution in [0.3, 0.4) is 0 Å². The van der Waals surface area contributed by atoms with E-state index in [9.17, 15) is 0 Å². The molecule has 2 nitrogen and oxygen atoms in total. The number of hydrogen-bond donors (Lipinski definition) is 1. The highest BCUT2D eigenvalue weighted by Gasteiger charge is 2.23. The standard InChI is InChI=1S/C13H27NO/c1-10(2)14-9-12(4)15-13-8-6-5-7-11(13)3/h10-14H,5-9H2,1-4H3. The van der Waals surface area contributed by atoms with Gasteiger partial charge in [0, 0.05) is 12.6 Å². The van der Waals surface area contributed by atoms with Gasteiger partial charge in [0.1, 0.15) is 0 Å². The molecule has 15 heavy (non-hydrogen) atoms. The Balaban J connectivity index is 2.20. The number of rotatable bonds is 5. The van der Waals surface area contributed by atoms with Crippen molar-refractivity contribution in [3.05, 3.63) is 0 Å². The third-order valence-electron chi connectivity index (χ3n) is 3.25. The Morgan fingerprint density at radius 2 is 1.87 bits per heavy atom. The summed E-state index contributed by atoms with van der Waals surface area (Å²) < 4.78 is 6.09. The fourth-order valence-corrected chi connectivity index (χ4v) is 2.23. The molecule has 1 fully saturated rings. The molecule has 0 saturated heterocycles. The minimum absolute atomic E-state index is 0.345. The molecule has 0 spiro atoms. The molecular formula is C13H27NO. The van der Waals surface area contributed by atoms with Crippen LogP contribution in [0.25, 0.3) is 0 Å². The van der Waals surface area contributed by atoms with Crippen molar-refractivity contribution in [1.29, 1.82) is 0 Å². The van der Waals surface area contributed by atoms with Crippen molar-refractivity contribution in [1.82, 2.24) is 5.32 Å². The van der Waals surface area contributed by atoms with Crippen LogP contribution in [0.5, 0.6) is 0 Å². The van der Waals surface area contributed by atoms with E-state index in [0.29, 0.717) is 18.2 Å². The smallest absolute Gasteiger partial charge is 0.0675 e. The molecule has 90 valence electrons. The van der Waals surface area contributed by atoms with Gasteiger partial charge in [-0.15, -0.1) is 0 Å². The molecule has 0 radical (unpaired) electrons. The molecule has 1 aliphatic rings. The Hall–Kier alpha value is -0.0800. The summed E-state index contributed by atoms with van der Waals surface area (Å²) in [7, 11) is 0. The van der Waals surface area contributed by atoms with Gasteiger partial charge in [-0.25, -0.2) is 0 Å². The topological polar surface area (TPSA) is 21.3 Å². The summed E-state index contributed by atoms with van der Waals surface area (Å²) in [5.74, 6) is 0.750. The first-order valence-corrected chi connectivity index (χ1v) is 6.48. The number of ether oxygens (including phenoxy) is 1. The van der Waals surface area contributed by atoms with Crippen LogP contribution in [-0.4, -0.2) is 24.8 Å². The van der Waals surface area contributed by atoms with Crippen LogP contribution in [0.1, 0.15) is 53.4 Å². The number of hydrogen-bond acceptors (Lipinski definition) is 2. The van der Waals surface area contributed by atoms with Crippen molar-refractivity contribution in [2.75, 3.05) is 6.54 Å². The highest BCUT2D eigenvalue weighted by atomic mass is 16.5. The molecule has 1 saturated carbocycles. The summed E-state index contributed by atoms with van der Waals surface area (Å²) in [5, 5.41) is 3.42. The van der Waals surface area contributed by atoms with Gasteiger partial charge >= 0.3 is 0 Å². The zero-order chi connectivity index (χ0) is 11.3. The lowest BCUT2D eigenvalue weighted by Crippen LogP contribution is -2.36. The Morgan fingerprint density at radius 3 is 2.47 bits per heavy atom. The van der Waals surface area contributed by atoms with Crippen LogP contribution in [-0.2, 0) is 4.74 Å². The molecule has 0 heterocycles. The van der Waals surface area contributed by atoms with Crippen LogP contribution in [0.15, 0.2) is 0 Å². The van der Waals surface area contributed by atoms with E-state index in [4.69, 9.17) is 4.74 Å². The molecule has 1 aliphatic carbocycles. The lowest BCUT2D eigenvalue weighted by Gasteiger charge is -2.31. The maximum Gasteiger partial charge on any atom is 0.0675 e. The van der Waals surface area contributed by atoms with E-state index in [1.165, 1.54) is 25.7 Å².